The van der Waals surface area contributed by atoms with E-state index in [1.54, 1.807) is 0 Å². The number of carbonyl (C=O) groups is 3. The maximum Gasteiger partial charge on any atom is 0.226 e. The number of carbonyl (C=O) groups excluding carboxylic acids is 3. The summed E-state index contributed by atoms with van der Waals surface area (Å²) in [6.45, 7) is 2.23. The zero-order valence-corrected chi connectivity index (χ0v) is 15.3. The summed E-state index contributed by atoms with van der Waals surface area (Å²) in [4.78, 5) is 35.5. The topological polar surface area (TPSA) is 60.4 Å². The maximum atomic E-state index is 12.1. The molecule has 0 aromatic carbocycles. The molecule has 136 valence electrons. The average molecular weight is 336 g/mol. The van der Waals surface area contributed by atoms with E-state index in [-0.39, 0.29) is 11.5 Å². The average Bonchev–Trinajstić information content (AvgIpc) is 2.58. The lowest BCUT2D eigenvalue weighted by Crippen LogP contribution is -2.35. The fraction of sp³-hybridized carbons (Fsp3) is 0.750. The standard InChI is InChI=1S/C20H32O4/c1-3-4-5-6-7-8-9-10-11-12-13-14-16-19(22)17(21)15-18(24-2)20(16)23/h15-16H,3-14H2,1-2H3. The van der Waals surface area contributed by atoms with Crippen LogP contribution in [0.5, 0.6) is 0 Å². The quantitative estimate of drug-likeness (QED) is 0.281. The van der Waals surface area contributed by atoms with Crippen molar-refractivity contribution in [3.05, 3.63) is 11.8 Å². The van der Waals surface area contributed by atoms with Gasteiger partial charge >= 0.3 is 0 Å². The lowest BCUT2D eigenvalue weighted by molar-refractivity contribution is -0.142. The van der Waals surface area contributed by atoms with Gasteiger partial charge in [-0.2, -0.15) is 0 Å². The van der Waals surface area contributed by atoms with E-state index in [2.05, 4.69) is 6.92 Å². The van der Waals surface area contributed by atoms with Gasteiger partial charge in [0.15, 0.2) is 5.76 Å². The fourth-order valence-electron chi connectivity index (χ4n) is 3.16. The van der Waals surface area contributed by atoms with Gasteiger partial charge in [-0.3, -0.25) is 14.4 Å². The number of unbranched alkanes of at least 4 members (excludes halogenated alkanes) is 10. The number of allylic oxidation sites excluding steroid dienone is 2. The van der Waals surface area contributed by atoms with Crippen LogP contribution in [0.3, 0.4) is 0 Å². The molecule has 0 spiro atoms. The third kappa shape index (κ3) is 6.98. The molecular formula is C20H32O4. The Kier molecular flexibility index (Phi) is 10.3. The predicted molar refractivity (Wildman–Crippen MR) is 94.7 cm³/mol. The molecule has 0 bridgehead atoms. The van der Waals surface area contributed by atoms with Gasteiger partial charge in [0.25, 0.3) is 0 Å². The molecule has 1 aliphatic carbocycles. The van der Waals surface area contributed by atoms with Crippen molar-refractivity contribution < 1.29 is 19.1 Å². The molecule has 1 aliphatic rings. The Morgan fingerprint density at radius 3 is 1.79 bits per heavy atom. The van der Waals surface area contributed by atoms with Crippen LogP contribution in [0.15, 0.2) is 11.8 Å². The highest BCUT2D eigenvalue weighted by Crippen LogP contribution is 2.22. The molecule has 0 aliphatic heterocycles. The predicted octanol–water partition coefficient (Wildman–Crippen LogP) is 4.55. The summed E-state index contributed by atoms with van der Waals surface area (Å²) >= 11 is 0. The molecule has 0 heterocycles. The Balaban J connectivity index is 2.10. The van der Waals surface area contributed by atoms with Crippen LogP contribution in [0, 0.1) is 5.92 Å². The van der Waals surface area contributed by atoms with Crippen molar-refractivity contribution >= 4 is 17.3 Å². The lowest BCUT2D eigenvalue weighted by atomic mass is 9.85. The normalized spacial score (nSPS) is 18.0. The van der Waals surface area contributed by atoms with Gasteiger partial charge < -0.3 is 4.74 Å². The van der Waals surface area contributed by atoms with Gasteiger partial charge in [0.2, 0.25) is 17.3 Å². The molecule has 1 atom stereocenters. The van der Waals surface area contributed by atoms with Gasteiger partial charge in [-0.05, 0) is 6.42 Å². The Morgan fingerprint density at radius 1 is 0.792 bits per heavy atom. The van der Waals surface area contributed by atoms with E-state index in [1.807, 2.05) is 0 Å². The molecule has 0 radical (unpaired) electrons. The van der Waals surface area contributed by atoms with E-state index in [0.717, 1.165) is 25.3 Å². The number of rotatable bonds is 13. The highest BCUT2D eigenvalue weighted by Gasteiger charge is 2.37. The third-order valence-corrected chi connectivity index (χ3v) is 4.70. The molecule has 0 saturated heterocycles. The van der Waals surface area contributed by atoms with E-state index in [9.17, 15) is 14.4 Å². The zero-order valence-electron chi connectivity index (χ0n) is 15.3. The second-order valence-electron chi connectivity index (χ2n) is 6.68. The van der Waals surface area contributed by atoms with Crippen LogP contribution < -0.4 is 0 Å². The Bertz CT molecular complexity index is 451. The number of methoxy groups -OCH3 is 1. The van der Waals surface area contributed by atoms with Gasteiger partial charge in [0.05, 0.1) is 13.0 Å². The van der Waals surface area contributed by atoms with Crippen molar-refractivity contribution in [2.24, 2.45) is 5.92 Å². The van der Waals surface area contributed by atoms with Crippen LogP contribution in [0.1, 0.15) is 84.0 Å². The van der Waals surface area contributed by atoms with Crippen LogP contribution in [-0.4, -0.2) is 24.5 Å². The summed E-state index contributed by atoms with van der Waals surface area (Å²) in [7, 11) is 1.35. The number of hydrogen-bond donors (Lipinski definition) is 0. The monoisotopic (exact) mass is 336 g/mol. The minimum Gasteiger partial charge on any atom is -0.493 e. The van der Waals surface area contributed by atoms with Crippen LogP contribution >= 0.6 is 0 Å². The van der Waals surface area contributed by atoms with Crippen molar-refractivity contribution in [3.8, 4) is 0 Å². The molecule has 4 nitrogen and oxygen atoms in total. The first-order valence-corrected chi connectivity index (χ1v) is 9.49. The highest BCUT2D eigenvalue weighted by atomic mass is 16.5. The second kappa shape index (κ2) is 12.0. The largest absolute Gasteiger partial charge is 0.493 e. The van der Waals surface area contributed by atoms with Gasteiger partial charge in [0, 0.05) is 6.08 Å². The minimum atomic E-state index is -0.823. The molecule has 0 aromatic heterocycles. The molecule has 0 saturated carbocycles. The van der Waals surface area contributed by atoms with Crippen molar-refractivity contribution in [2.45, 2.75) is 84.0 Å². The van der Waals surface area contributed by atoms with Gasteiger partial charge in [-0.15, -0.1) is 0 Å². The summed E-state index contributed by atoms with van der Waals surface area (Å²) in [5, 5.41) is 0. The van der Waals surface area contributed by atoms with Crippen molar-refractivity contribution in [3.63, 3.8) is 0 Å². The van der Waals surface area contributed by atoms with Crippen LogP contribution in [0.2, 0.25) is 0 Å². The molecule has 24 heavy (non-hydrogen) atoms. The first-order chi connectivity index (χ1) is 11.6. The van der Waals surface area contributed by atoms with E-state index < -0.39 is 17.5 Å². The Hall–Kier alpha value is -1.45. The summed E-state index contributed by atoms with van der Waals surface area (Å²) < 4.78 is 4.90. The molecule has 0 amide bonds. The molecule has 0 aromatic rings. The van der Waals surface area contributed by atoms with Gasteiger partial charge in [-0.1, -0.05) is 77.6 Å². The van der Waals surface area contributed by atoms with Crippen LogP contribution in [0.4, 0.5) is 0 Å². The maximum absolute atomic E-state index is 12.1. The van der Waals surface area contributed by atoms with E-state index in [0.29, 0.717) is 6.42 Å². The molecule has 0 fully saturated rings. The van der Waals surface area contributed by atoms with E-state index >= 15 is 0 Å². The molecule has 0 N–H and O–H groups in total. The van der Waals surface area contributed by atoms with Crippen molar-refractivity contribution in [1.29, 1.82) is 0 Å². The SMILES string of the molecule is CCCCCCCCCCCCCC1C(=O)C(=O)C=C(OC)C1=O. The van der Waals surface area contributed by atoms with Crippen LogP contribution in [-0.2, 0) is 19.1 Å². The summed E-state index contributed by atoms with van der Waals surface area (Å²) in [5.74, 6) is -2.33. The van der Waals surface area contributed by atoms with Crippen molar-refractivity contribution in [2.75, 3.05) is 7.11 Å². The minimum absolute atomic E-state index is 0.0210. The third-order valence-electron chi connectivity index (χ3n) is 4.70. The summed E-state index contributed by atoms with van der Waals surface area (Å²) in [5.41, 5.74) is 0. The van der Waals surface area contributed by atoms with Gasteiger partial charge in [-0.25, -0.2) is 0 Å². The van der Waals surface area contributed by atoms with Crippen LogP contribution in [0.25, 0.3) is 0 Å². The van der Waals surface area contributed by atoms with Gasteiger partial charge in [0.1, 0.15) is 0 Å². The van der Waals surface area contributed by atoms with E-state index in [4.69, 9.17) is 4.74 Å². The number of ether oxygens (including phenoxy) is 1. The van der Waals surface area contributed by atoms with E-state index in [1.165, 1.54) is 58.5 Å². The number of Topliss-reactive ketones (excluding diaryl/α,β-unsaturated/α-hetero) is 2. The summed E-state index contributed by atoms with van der Waals surface area (Å²) in [6.07, 6.45) is 14.9. The van der Waals surface area contributed by atoms with Crippen molar-refractivity contribution in [1.82, 2.24) is 0 Å². The molecular weight excluding hydrogens is 304 g/mol. The fourth-order valence-corrected chi connectivity index (χ4v) is 3.16. The number of ketones is 3. The lowest BCUT2D eigenvalue weighted by Gasteiger charge is -2.18. The highest BCUT2D eigenvalue weighted by molar-refractivity contribution is 6.48. The first-order valence-electron chi connectivity index (χ1n) is 9.49. The second-order valence-corrected chi connectivity index (χ2v) is 6.68. The molecule has 1 rings (SSSR count). The smallest absolute Gasteiger partial charge is 0.226 e. The summed E-state index contributed by atoms with van der Waals surface area (Å²) in [6, 6.07) is 0. The molecule has 4 heteroatoms. The Morgan fingerprint density at radius 2 is 1.29 bits per heavy atom. The zero-order chi connectivity index (χ0) is 17.8. The molecule has 1 unspecified atom stereocenters. The Labute approximate surface area is 146 Å². The number of hydrogen-bond acceptors (Lipinski definition) is 4. The first kappa shape index (κ1) is 20.6.